The molecule has 0 aliphatic rings. The molecule has 1 atom stereocenters. The van der Waals surface area contributed by atoms with E-state index in [1.807, 2.05) is 48.5 Å². The van der Waals surface area contributed by atoms with Crippen LogP contribution in [-0.2, 0) is 18.4 Å². The van der Waals surface area contributed by atoms with Crippen LogP contribution in [0.3, 0.4) is 0 Å². The van der Waals surface area contributed by atoms with Gasteiger partial charge in [0.1, 0.15) is 5.75 Å². The van der Waals surface area contributed by atoms with E-state index in [1.165, 1.54) is 9.25 Å². The number of carbonyl (C=O) groups excluding carboxylic acids is 1. The number of ether oxygens (including phenoxy) is 1. The zero-order valence-electron chi connectivity index (χ0n) is 15.3. The number of hydrogen-bond acceptors (Lipinski definition) is 4. The highest BCUT2D eigenvalue weighted by Gasteiger charge is 2.15. The molecule has 1 unspecified atom stereocenters. The molecule has 2 aromatic carbocycles. The first-order valence-corrected chi connectivity index (χ1v) is 8.75. The van der Waals surface area contributed by atoms with Gasteiger partial charge in [0.2, 0.25) is 0 Å². The maximum Gasteiger partial charge on any atom is 0.345 e. The van der Waals surface area contributed by atoms with Gasteiger partial charge in [0.05, 0.1) is 6.54 Å². The van der Waals surface area contributed by atoms with Gasteiger partial charge in [-0.2, -0.15) is 0 Å². The second-order valence-electron chi connectivity index (χ2n) is 6.12. The van der Waals surface area contributed by atoms with Crippen molar-refractivity contribution in [2.24, 2.45) is 7.05 Å². The molecule has 3 rings (SSSR count). The van der Waals surface area contributed by atoms with Crippen molar-refractivity contribution in [3.63, 3.8) is 0 Å². The molecule has 0 bridgehead atoms. The maximum absolute atomic E-state index is 12.3. The first-order valence-electron chi connectivity index (χ1n) is 8.75. The molecule has 3 aromatic rings. The standard InChI is InChI=1S/C20H22N4O3/c1-15(27-17-11-7-4-8-12-17)19(25)21-13-14-24-20(26)23(2)18(22-24)16-9-5-3-6-10-16/h3-12,15H,13-14H2,1-2H3,(H,21,25). The van der Waals surface area contributed by atoms with Gasteiger partial charge in [-0.1, -0.05) is 48.5 Å². The molecular weight excluding hydrogens is 344 g/mol. The zero-order chi connectivity index (χ0) is 19.2. The molecule has 0 aliphatic carbocycles. The zero-order valence-corrected chi connectivity index (χ0v) is 15.3. The third-order valence-electron chi connectivity index (χ3n) is 4.12. The summed E-state index contributed by atoms with van der Waals surface area (Å²) in [4.78, 5) is 24.5. The van der Waals surface area contributed by atoms with Crippen LogP contribution in [0.15, 0.2) is 65.5 Å². The number of nitrogens with one attached hydrogen (secondary N) is 1. The molecule has 7 heteroatoms. The maximum atomic E-state index is 12.3. The second-order valence-corrected chi connectivity index (χ2v) is 6.12. The molecule has 1 heterocycles. The molecule has 0 aliphatic heterocycles. The summed E-state index contributed by atoms with van der Waals surface area (Å²) in [6.07, 6.45) is -0.632. The van der Waals surface area contributed by atoms with Crippen molar-refractivity contribution in [3.8, 4) is 17.1 Å². The van der Waals surface area contributed by atoms with Crippen LogP contribution in [0.25, 0.3) is 11.4 Å². The van der Waals surface area contributed by atoms with Crippen LogP contribution in [-0.4, -0.2) is 32.9 Å². The number of amides is 1. The molecule has 0 radical (unpaired) electrons. The van der Waals surface area contributed by atoms with Crippen LogP contribution in [0.2, 0.25) is 0 Å². The van der Waals surface area contributed by atoms with Gasteiger partial charge in [0.25, 0.3) is 5.91 Å². The van der Waals surface area contributed by atoms with Crippen molar-refractivity contribution >= 4 is 5.91 Å². The number of nitrogens with zero attached hydrogens (tertiary/aromatic N) is 3. The second kappa shape index (κ2) is 8.35. The summed E-state index contributed by atoms with van der Waals surface area (Å²) in [5.41, 5.74) is 0.640. The third-order valence-corrected chi connectivity index (χ3v) is 4.12. The van der Waals surface area contributed by atoms with Crippen LogP contribution in [0, 0.1) is 0 Å². The lowest BCUT2D eigenvalue weighted by Crippen LogP contribution is -2.39. The van der Waals surface area contributed by atoms with E-state index in [2.05, 4.69) is 10.4 Å². The number of hydrogen-bond donors (Lipinski definition) is 1. The van der Waals surface area contributed by atoms with Crippen LogP contribution in [0.4, 0.5) is 0 Å². The number of carbonyl (C=O) groups is 1. The molecule has 0 saturated carbocycles. The minimum Gasteiger partial charge on any atom is -0.481 e. The van der Waals surface area contributed by atoms with E-state index in [1.54, 1.807) is 26.1 Å². The number of rotatable bonds is 7. The molecule has 1 aromatic heterocycles. The van der Waals surface area contributed by atoms with Gasteiger partial charge in [0.15, 0.2) is 11.9 Å². The van der Waals surface area contributed by atoms with Crippen molar-refractivity contribution < 1.29 is 9.53 Å². The molecule has 0 fully saturated rings. The minimum atomic E-state index is -0.632. The monoisotopic (exact) mass is 366 g/mol. The Balaban J connectivity index is 1.57. The number of aromatic nitrogens is 3. The summed E-state index contributed by atoms with van der Waals surface area (Å²) in [6.45, 7) is 2.25. The normalized spacial score (nSPS) is 11.8. The van der Waals surface area contributed by atoms with E-state index >= 15 is 0 Å². The Kier molecular flexibility index (Phi) is 5.71. The van der Waals surface area contributed by atoms with Gasteiger partial charge < -0.3 is 10.1 Å². The van der Waals surface area contributed by atoms with Crippen LogP contribution >= 0.6 is 0 Å². The Hall–Kier alpha value is -3.35. The predicted octanol–water partition coefficient (Wildman–Crippen LogP) is 1.83. The van der Waals surface area contributed by atoms with Crippen molar-refractivity contribution in [3.05, 3.63) is 71.1 Å². The molecule has 0 spiro atoms. The Labute approximate surface area is 157 Å². The summed E-state index contributed by atoms with van der Waals surface area (Å²) in [5.74, 6) is 0.979. The summed E-state index contributed by atoms with van der Waals surface area (Å²) < 4.78 is 8.43. The first-order chi connectivity index (χ1) is 13.1. The number of benzene rings is 2. The van der Waals surface area contributed by atoms with Gasteiger partial charge in [-0.05, 0) is 19.1 Å². The average molecular weight is 366 g/mol. The van der Waals surface area contributed by atoms with E-state index in [0.29, 0.717) is 11.6 Å². The lowest BCUT2D eigenvalue weighted by atomic mass is 10.2. The summed E-state index contributed by atoms with van der Waals surface area (Å²) in [6, 6.07) is 18.7. The predicted molar refractivity (Wildman–Crippen MR) is 102 cm³/mol. The molecule has 140 valence electrons. The van der Waals surface area contributed by atoms with Gasteiger partial charge in [0, 0.05) is 19.2 Å². The quantitative estimate of drug-likeness (QED) is 0.692. The topological polar surface area (TPSA) is 78.2 Å². The van der Waals surface area contributed by atoms with Crippen molar-refractivity contribution in [1.29, 1.82) is 0 Å². The summed E-state index contributed by atoms with van der Waals surface area (Å²) in [5, 5.41) is 7.15. The van der Waals surface area contributed by atoms with E-state index in [9.17, 15) is 9.59 Å². The molecule has 27 heavy (non-hydrogen) atoms. The summed E-state index contributed by atoms with van der Waals surface area (Å²) >= 11 is 0. The molecular formula is C20H22N4O3. The van der Waals surface area contributed by atoms with E-state index in [0.717, 1.165) is 5.56 Å². The largest absolute Gasteiger partial charge is 0.481 e. The molecule has 1 N–H and O–H groups in total. The minimum absolute atomic E-state index is 0.225. The average Bonchev–Trinajstić information content (AvgIpc) is 2.98. The Bertz CT molecular complexity index is 948. The lowest BCUT2D eigenvalue weighted by Gasteiger charge is -2.14. The van der Waals surface area contributed by atoms with E-state index in [-0.39, 0.29) is 24.7 Å². The highest BCUT2D eigenvalue weighted by Crippen LogP contribution is 2.13. The number of para-hydroxylation sites is 1. The van der Waals surface area contributed by atoms with Gasteiger partial charge in [-0.15, -0.1) is 5.10 Å². The first kappa shape index (κ1) is 18.4. The summed E-state index contributed by atoms with van der Waals surface area (Å²) in [7, 11) is 1.68. The Morgan fingerprint density at radius 1 is 1.11 bits per heavy atom. The van der Waals surface area contributed by atoms with Gasteiger partial charge >= 0.3 is 5.69 Å². The van der Waals surface area contributed by atoms with Gasteiger partial charge in [-0.3, -0.25) is 9.36 Å². The van der Waals surface area contributed by atoms with Crippen molar-refractivity contribution in [2.75, 3.05) is 6.54 Å². The van der Waals surface area contributed by atoms with Crippen LogP contribution < -0.4 is 15.7 Å². The SMILES string of the molecule is CC(Oc1ccccc1)C(=O)NCCn1nc(-c2ccccc2)n(C)c1=O. The highest BCUT2D eigenvalue weighted by molar-refractivity contribution is 5.80. The van der Waals surface area contributed by atoms with Crippen LogP contribution in [0.5, 0.6) is 5.75 Å². The van der Waals surface area contributed by atoms with Gasteiger partial charge in [-0.25, -0.2) is 9.48 Å². The molecule has 0 saturated heterocycles. The third kappa shape index (κ3) is 4.44. The van der Waals surface area contributed by atoms with E-state index < -0.39 is 6.10 Å². The molecule has 1 amide bonds. The van der Waals surface area contributed by atoms with Crippen LogP contribution in [0.1, 0.15) is 6.92 Å². The van der Waals surface area contributed by atoms with E-state index in [4.69, 9.17) is 4.74 Å². The Morgan fingerprint density at radius 2 is 1.74 bits per heavy atom. The van der Waals surface area contributed by atoms with Crippen molar-refractivity contribution in [1.82, 2.24) is 19.7 Å². The fourth-order valence-electron chi connectivity index (χ4n) is 2.66. The smallest absolute Gasteiger partial charge is 0.345 e. The molecule has 7 nitrogen and oxygen atoms in total. The Morgan fingerprint density at radius 3 is 2.41 bits per heavy atom. The fourth-order valence-corrected chi connectivity index (χ4v) is 2.66. The van der Waals surface area contributed by atoms with Crippen molar-refractivity contribution in [2.45, 2.75) is 19.6 Å². The highest BCUT2D eigenvalue weighted by atomic mass is 16.5. The lowest BCUT2D eigenvalue weighted by molar-refractivity contribution is -0.127. The fraction of sp³-hybridized carbons (Fsp3) is 0.250.